The third-order valence-corrected chi connectivity index (χ3v) is 6.09. The van der Waals surface area contributed by atoms with E-state index in [1.807, 2.05) is 30.3 Å². The van der Waals surface area contributed by atoms with Gasteiger partial charge in [-0.3, -0.25) is 4.79 Å². The van der Waals surface area contributed by atoms with Crippen molar-refractivity contribution in [1.29, 1.82) is 0 Å². The van der Waals surface area contributed by atoms with Crippen molar-refractivity contribution in [2.45, 2.75) is 27.2 Å². The number of thioether (sulfide) groups is 1. The molecule has 1 saturated heterocycles. The standard InChI is InChI=1S/C23H25N3OS2/c1-4-17-7-9-19(10-8-17)16-24-26-22(27)21(29-23(26)28)15-18-11-13-20(14-12-18)25(5-2)6-3/h7-16H,4-6H2,1-3H3/b21-15+,24-16+. The summed E-state index contributed by atoms with van der Waals surface area (Å²) < 4.78 is 0.447. The number of hydrogen-bond acceptors (Lipinski definition) is 5. The Kier molecular flexibility index (Phi) is 7.23. The Morgan fingerprint density at radius 3 is 2.21 bits per heavy atom. The summed E-state index contributed by atoms with van der Waals surface area (Å²) in [6, 6.07) is 16.3. The first-order valence-electron chi connectivity index (χ1n) is 9.81. The van der Waals surface area contributed by atoms with E-state index < -0.39 is 0 Å². The first kappa shape index (κ1) is 21.3. The van der Waals surface area contributed by atoms with Gasteiger partial charge in [0.05, 0.1) is 11.1 Å². The van der Waals surface area contributed by atoms with E-state index in [-0.39, 0.29) is 5.91 Å². The molecule has 150 valence electrons. The lowest BCUT2D eigenvalue weighted by Gasteiger charge is -2.20. The highest BCUT2D eigenvalue weighted by Crippen LogP contribution is 2.33. The molecule has 0 unspecified atom stereocenters. The van der Waals surface area contributed by atoms with Gasteiger partial charge in [0.15, 0.2) is 4.32 Å². The van der Waals surface area contributed by atoms with Crippen LogP contribution in [0.15, 0.2) is 58.5 Å². The number of nitrogens with zero attached hydrogens (tertiary/aromatic N) is 3. The number of carbonyl (C=O) groups excluding carboxylic acids is 1. The molecule has 1 aliphatic rings. The second kappa shape index (κ2) is 9.85. The fourth-order valence-electron chi connectivity index (χ4n) is 3.04. The van der Waals surface area contributed by atoms with E-state index in [1.54, 1.807) is 6.21 Å². The van der Waals surface area contributed by atoms with Crippen LogP contribution in [0.5, 0.6) is 0 Å². The van der Waals surface area contributed by atoms with Gasteiger partial charge in [-0.1, -0.05) is 55.1 Å². The van der Waals surface area contributed by atoms with E-state index >= 15 is 0 Å². The van der Waals surface area contributed by atoms with Crippen LogP contribution in [0.3, 0.4) is 0 Å². The van der Waals surface area contributed by atoms with Crippen LogP contribution >= 0.6 is 24.0 Å². The summed E-state index contributed by atoms with van der Waals surface area (Å²) in [5, 5.41) is 5.61. The summed E-state index contributed by atoms with van der Waals surface area (Å²) in [5.41, 5.74) is 4.36. The molecular formula is C23H25N3OS2. The van der Waals surface area contributed by atoms with E-state index in [9.17, 15) is 4.79 Å². The van der Waals surface area contributed by atoms with Crippen LogP contribution < -0.4 is 4.90 Å². The fourth-order valence-corrected chi connectivity index (χ4v) is 4.22. The molecule has 0 spiro atoms. The molecule has 1 amide bonds. The van der Waals surface area contributed by atoms with E-state index in [1.165, 1.54) is 28.0 Å². The SMILES string of the molecule is CCc1ccc(/C=N/N2C(=O)/C(=C\c3ccc(N(CC)CC)cc3)SC2=S)cc1. The molecular weight excluding hydrogens is 398 g/mol. The summed E-state index contributed by atoms with van der Waals surface area (Å²) >= 11 is 6.64. The highest BCUT2D eigenvalue weighted by molar-refractivity contribution is 8.26. The van der Waals surface area contributed by atoms with Crippen molar-refractivity contribution >= 4 is 52.2 Å². The van der Waals surface area contributed by atoms with E-state index in [4.69, 9.17) is 12.2 Å². The number of rotatable bonds is 7. The van der Waals surface area contributed by atoms with Gasteiger partial charge in [0.2, 0.25) is 0 Å². The summed E-state index contributed by atoms with van der Waals surface area (Å²) in [6.07, 6.45) is 4.54. The Bertz CT molecular complexity index is 930. The monoisotopic (exact) mass is 423 g/mol. The predicted molar refractivity (Wildman–Crippen MR) is 128 cm³/mol. The van der Waals surface area contributed by atoms with E-state index in [0.717, 1.165) is 30.6 Å². The Labute approximate surface area is 182 Å². The topological polar surface area (TPSA) is 35.9 Å². The Hall–Kier alpha value is -2.44. The highest BCUT2D eigenvalue weighted by atomic mass is 32.2. The Balaban J connectivity index is 1.73. The van der Waals surface area contributed by atoms with Gasteiger partial charge in [0, 0.05) is 18.8 Å². The lowest BCUT2D eigenvalue weighted by Crippen LogP contribution is -2.22. The van der Waals surface area contributed by atoms with Crippen molar-refractivity contribution in [1.82, 2.24) is 5.01 Å². The second-order valence-electron chi connectivity index (χ2n) is 6.60. The maximum atomic E-state index is 12.7. The molecule has 29 heavy (non-hydrogen) atoms. The average Bonchev–Trinajstić information content (AvgIpc) is 3.01. The third-order valence-electron chi connectivity index (χ3n) is 4.80. The highest BCUT2D eigenvalue weighted by Gasteiger charge is 2.32. The van der Waals surface area contributed by atoms with Crippen LogP contribution in [0.4, 0.5) is 5.69 Å². The van der Waals surface area contributed by atoms with Gasteiger partial charge in [-0.05, 0) is 67.4 Å². The summed E-state index contributed by atoms with van der Waals surface area (Å²) in [4.78, 5) is 15.6. The van der Waals surface area contributed by atoms with Crippen LogP contribution in [-0.2, 0) is 11.2 Å². The third kappa shape index (κ3) is 5.14. The van der Waals surface area contributed by atoms with Crippen LogP contribution in [0.1, 0.15) is 37.5 Å². The van der Waals surface area contributed by atoms with Crippen molar-refractivity contribution in [3.8, 4) is 0 Å². The van der Waals surface area contributed by atoms with Crippen molar-refractivity contribution in [2.75, 3.05) is 18.0 Å². The molecule has 2 aromatic carbocycles. The zero-order valence-corrected chi connectivity index (χ0v) is 18.6. The number of hydrogen-bond donors (Lipinski definition) is 0. The van der Waals surface area contributed by atoms with Gasteiger partial charge < -0.3 is 4.90 Å². The number of anilines is 1. The average molecular weight is 424 g/mol. The Morgan fingerprint density at radius 1 is 1.00 bits per heavy atom. The molecule has 1 aliphatic heterocycles. The first-order chi connectivity index (χ1) is 14.0. The van der Waals surface area contributed by atoms with Gasteiger partial charge in [-0.25, -0.2) is 0 Å². The lowest BCUT2D eigenvalue weighted by molar-refractivity contribution is -0.122. The minimum Gasteiger partial charge on any atom is -0.372 e. The smallest absolute Gasteiger partial charge is 0.286 e. The number of benzene rings is 2. The fraction of sp³-hybridized carbons (Fsp3) is 0.261. The summed E-state index contributed by atoms with van der Waals surface area (Å²) in [6.45, 7) is 8.33. The first-order valence-corrected chi connectivity index (χ1v) is 11.0. The van der Waals surface area contributed by atoms with Crippen molar-refractivity contribution in [3.05, 3.63) is 70.1 Å². The maximum absolute atomic E-state index is 12.7. The van der Waals surface area contributed by atoms with Crippen LogP contribution in [-0.4, -0.2) is 34.5 Å². The number of hydrazone groups is 1. The van der Waals surface area contributed by atoms with E-state index in [2.05, 4.69) is 55.0 Å². The van der Waals surface area contributed by atoms with Gasteiger partial charge in [-0.15, -0.1) is 0 Å². The number of amides is 1. The quantitative estimate of drug-likeness (QED) is 0.343. The molecule has 2 aromatic rings. The molecule has 1 fully saturated rings. The van der Waals surface area contributed by atoms with Crippen molar-refractivity contribution < 1.29 is 4.79 Å². The molecule has 0 saturated carbocycles. The molecule has 0 N–H and O–H groups in total. The zero-order chi connectivity index (χ0) is 20.8. The normalized spacial score (nSPS) is 15.7. The van der Waals surface area contributed by atoms with Gasteiger partial charge in [0.25, 0.3) is 5.91 Å². The van der Waals surface area contributed by atoms with Gasteiger partial charge in [0.1, 0.15) is 0 Å². The molecule has 0 aliphatic carbocycles. The van der Waals surface area contributed by atoms with E-state index in [0.29, 0.717) is 9.23 Å². The number of carbonyl (C=O) groups is 1. The van der Waals surface area contributed by atoms with Crippen LogP contribution in [0.25, 0.3) is 6.08 Å². The molecule has 6 heteroatoms. The molecule has 0 atom stereocenters. The molecule has 0 aromatic heterocycles. The van der Waals surface area contributed by atoms with Crippen molar-refractivity contribution in [2.24, 2.45) is 5.10 Å². The zero-order valence-electron chi connectivity index (χ0n) is 17.0. The molecule has 0 bridgehead atoms. The number of aryl methyl sites for hydroxylation is 1. The minimum atomic E-state index is -0.186. The second-order valence-corrected chi connectivity index (χ2v) is 8.27. The summed E-state index contributed by atoms with van der Waals surface area (Å²) in [7, 11) is 0. The molecule has 1 heterocycles. The number of thiocarbonyl (C=S) groups is 1. The lowest BCUT2D eigenvalue weighted by atomic mass is 10.1. The van der Waals surface area contributed by atoms with Crippen molar-refractivity contribution in [3.63, 3.8) is 0 Å². The summed E-state index contributed by atoms with van der Waals surface area (Å²) in [5.74, 6) is -0.186. The van der Waals surface area contributed by atoms with Crippen LogP contribution in [0.2, 0.25) is 0 Å². The van der Waals surface area contributed by atoms with Gasteiger partial charge in [-0.2, -0.15) is 10.1 Å². The largest absolute Gasteiger partial charge is 0.372 e. The Morgan fingerprint density at radius 2 is 1.62 bits per heavy atom. The molecule has 3 rings (SSSR count). The molecule has 4 nitrogen and oxygen atoms in total. The van der Waals surface area contributed by atoms with Gasteiger partial charge >= 0.3 is 0 Å². The maximum Gasteiger partial charge on any atom is 0.286 e. The van der Waals surface area contributed by atoms with Crippen LogP contribution in [0, 0.1) is 0 Å². The molecule has 0 radical (unpaired) electrons. The predicted octanol–water partition coefficient (Wildman–Crippen LogP) is 5.33. The minimum absolute atomic E-state index is 0.186.